The summed E-state index contributed by atoms with van der Waals surface area (Å²) in [5, 5.41) is 21.4. The fourth-order valence-corrected chi connectivity index (χ4v) is 3.01. The summed E-state index contributed by atoms with van der Waals surface area (Å²) in [6, 6.07) is 0. The zero-order valence-electron chi connectivity index (χ0n) is 11.3. The highest BCUT2D eigenvalue weighted by atomic mass is 16.5. The third-order valence-corrected chi connectivity index (χ3v) is 4.52. The van der Waals surface area contributed by atoms with Crippen LogP contribution in [-0.4, -0.2) is 47.4 Å². The summed E-state index contributed by atoms with van der Waals surface area (Å²) >= 11 is 0. The van der Waals surface area contributed by atoms with Crippen LogP contribution in [0.3, 0.4) is 0 Å². The Morgan fingerprint density at radius 1 is 1.26 bits per heavy atom. The Morgan fingerprint density at radius 3 is 2.26 bits per heavy atom. The van der Waals surface area contributed by atoms with Gasteiger partial charge in [-0.15, -0.1) is 0 Å². The highest BCUT2D eigenvalue weighted by Gasteiger charge is 2.66. The number of rotatable bonds is 4. The Morgan fingerprint density at radius 2 is 1.84 bits per heavy atom. The zero-order valence-corrected chi connectivity index (χ0v) is 11.3. The SMILES string of the molecule is CC1(C)[C@H](C(=O)O)[C@@H]1C(=O)NC1(CO)CCOCC1. The van der Waals surface area contributed by atoms with Crippen LogP contribution in [0.1, 0.15) is 26.7 Å². The number of aliphatic carboxylic acids is 1. The predicted octanol–water partition coefficient (Wildman–Crippen LogP) is 0.000900. The summed E-state index contributed by atoms with van der Waals surface area (Å²) in [7, 11) is 0. The summed E-state index contributed by atoms with van der Waals surface area (Å²) in [6.07, 6.45) is 1.11. The second kappa shape index (κ2) is 4.76. The maximum atomic E-state index is 12.2. The van der Waals surface area contributed by atoms with Crippen LogP contribution in [0.2, 0.25) is 0 Å². The van der Waals surface area contributed by atoms with Gasteiger partial charge in [0.25, 0.3) is 0 Å². The van der Waals surface area contributed by atoms with Crippen molar-refractivity contribution in [2.45, 2.75) is 32.2 Å². The molecule has 2 rings (SSSR count). The van der Waals surface area contributed by atoms with Gasteiger partial charge in [0, 0.05) is 13.2 Å². The lowest BCUT2D eigenvalue weighted by Crippen LogP contribution is -2.55. The largest absolute Gasteiger partial charge is 0.481 e. The van der Waals surface area contributed by atoms with Gasteiger partial charge in [0.15, 0.2) is 0 Å². The number of carbonyl (C=O) groups excluding carboxylic acids is 1. The topological polar surface area (TPSA) is 95.9 Å². The van der Waals surface area contributed by atoms with E-state index < -0.39 is 28.8 Å². The number of hydrogen-bond donors (Lipinski definition) is 3. The molecule has 1 saturated carbocycles. The summed E-state index contributed by atoms with van der Waals surface area (Å²) in [5.74, 6) is -2.36. The van der Waals surface area contributed by atoms with E-state index in [1.54, 1.807) is 13.8 Å². The van der Waals surface area contributed by atoms with E-state index in [0.717, 1.165) is 0 Å². The molecule has 1 saturated heterocycles. The third-order valence-electron chi connectivity index (χ3n) is 4.52. The van der Waals surface area contributed by atoms with Crippen LogP contribution >= 0.6 is 0 Å². The predicted molar refractivity (Wildman–Crippen MR) is 66.4 cm³/mol. The third kappa shape index (κ3) is 2.47. The molecule has 0 aromatic heterocycles. The van der Waals surface area contributed by atoms with Crippen LogP contribution < -0.4 is 5.32 Å². The van der Waals surface area contributed by atoms with Crippen LogP contribution in [0.4, 0.5) is 0 Å². The summed E-state index contributed by atoms with van der Waals surface area (Å²) in [4.78, 5) is 23.3. The first kappa shape index (κ1) is 14.3. The second-order valence-corrected chi connectivity index (χ2v) is 6.16. The highest BCUT2D eigenvalue weighted by molar-refractivity contribution is 5.92. The van der Waals surface area contributed by atoms with Gasteiger partial charge in [0.05, 0.1) is 24.0 Å². The molecule has 0 unspecified atom stereocenters. The van der Waals surface area contributed by atoms with Gasteiger partial charge < -0.3 is 20.3 Å². The molecule has 0 radical (unpaired) electrons. The molecule has 2 fully saturated rings. The van der Waals surface area contributed by atoms with Crippen molar-refractivity contribution in [1.29, 1.82) is 0 Å². The maximum Gasteiger partial charge on any atom is 0.307 e. The number of amides is 1. The quantitative estimate of drug-likeness (QED) is 0.669. The Hall–Kier alpha value is -1.14. The molecular formula is C13H21NO5. The molecule has 3 N–H and O–H groups in total. The van der Waals surface area contributed by atoms with Crippen LogP contribution in [0.5, 0.6) is 0 Å². The first-order chi connectivity index (χ1) is 8.84. The van der Waals surface area contributed by atoms with Crippen molar-refractivity contribution in [3.63, 3.8) is 0 Å². The Labute approximate surface area is 112 Å². The minimum atomic E-state index is -0.935. The van der Waals surface area contributed by atoms with Gasteiger partial charge in [-0.05, 0) is 18.3 Å². The summed E-state index contributed by atoms with van der Waals surface area (Å²) < 4.78 is 5.23. The van der Waals surface area contributed by atoms with Crippen molar-refractivity contribution < 1.29 is 24.5 Å². The van der Waals surface area contributed by atoms with Crippen LogP contribution in [0.15, 0.2) is 0 Å². The number of hydrogen-bond acceptors (Lipinski definition) is 4. The lowest BCUT2D eigenvalue weighted by molar-refractivity contribution is -0.141. The summed E-state index contributed by atoms with van der Waals surface area (Å²) in [6.45, 7) is 4.42. The average molecular weight is 271 g/mol. The molecule has 19 heavy (non-hydrogen) atoms. The molecule has 1 heterocycles. The summed E-state index contributed by atoms with van der Waals surface area (Å²) in [5.41, 5.74) is -1.17. The number of ether oxygens (including phenoxy) is 1. The number of aliphatic hydroxyl groups excluding tert-OH is 1. The van der Waals surface area contributed by atoms with E-state index in [1.807, 2.05) is 0 Å². The van der Waals surface area contributed by atoms with E-state index in [-0.39, 0.29) is 12.5 Å². The number of carbonyl (C=O) groups is 2. The molecule has 2 aliphatic rings. The van der Waals surface area contributed by atoms with Crippen molar-refractivity contribution in [2.24, 2.45) is 17.3 Å². The minimum absolute atomic E-state index is 0.146. The number of nitrogens with one attached hydrogen (secondary N) is 1. The standard InChI is InChI=1S/C13H21NO5/c1-12(2)8(9(12)11(17)18)10(16)14-13(7-15)3-5-19-6-4-13/h8-9,15H,3-7H2,1-2H3,(H,14,16)(H,17,18)/t8-,9+/m1/s1. The number of carboxylic acid groups (broad SMARTS) is 1. The molecule has 0 spiro atoms. The Kier molecular flexibility index (Phi) is 3.57. The molecule has 1 amide bonds. The second-order valence-electron chi connectivity index (χ2n) is 6.16. The van der Waals surface area contributed by atoms with Gasteiger partial charge in [-0.1, -0.05) is 13.8 Å². The molecule has 0 aromatic carbocycles. The Bertz CT molecular complexity index is 386. The van der Waals surface area contributed by atoms with Crippen LogP contribution in [-0.2, 0) is 14.3 Å². The molecular weight excluding hydrogens is 250 g/mol. The highest BCUT2D eigenvalue weighted by Crippen LogP contribution is 2.58. The van der Waals surface area contributed by atoms with Gasteiger partial charge >= 0.3 is 5.97 Å². The van der Waals surface area contributed by atoms with Gasteiger partial charge in [-0.2, -0.15) is 0 Å². The van der Waals surface area contributed by atoms with Gasteiger partial charge in [0.1, 0.15) is 0 Å². The van der Waals surface area contributed by atoms with E-state index in [2.05, 4.69) is 5.32 Å². The minimum Gasteiger partial charge on any atom is -0.481 e. The monoisotopic (exact) mass is 271 g/mol. The molecule has 1 aliphatic heterocycles. The molecule has 6 nitrogen and oxygen atoms in total. The van der Waals surface area contributed by atoms with Crippen molar-refractivity contribution in [1.82, 2.24) is 5.32 Å². The molecule has 1 aliphatic carbocycles. The van der Waals surface area contributed by atoms with E-state index >= 15 is 0 Å². The Balaban J connectivity index is 2.03. The van der Waals surface area contributed by atoms with Gasteiger partial charge in [-0.3, -0.25) is 9.59 Å². The average Bonchev–Trinajstić information content (AvgIpc) is 2.94. The van der Waals surface area contributed by atoms with Crippen molar-refractivity contribution in [2.75, 3.05) is 19.8 Å². The fraction of sp³-hybridized carbons (Fsp3) is 0.846. The van der Waals surface area contributed by atoms with E-state index in [0.29, 0.717) is 26.1 Å². The first-order valence-corrected chi connectivity index (χ1v) is 6.57. The molecule has 0 bridgehead atoms. The molecule has 108 valence electrons. The first-order valence-electron chi connectivity index (χ1n) is 6.57. The van der Waals surface area contributed by atoms with Gasteiger partial charge in [0.2, 0.25) is 5.91 Å². The molecule has 6 heteroatoms. The molecule has 2 atom stereocenters. The molecule has 0 aromatic rings. The lowest BCUT2D eigenvalue weighted by atomic mass is 9.90. The van der Waals surface area contributed by atoms with E-state index in [4.69, 9.17) is 9.84 Å². The van der Waals surface area contributed by atoms with E-state index in [9.17, 15) is 14.7 Å². The van der Waals surface area contributed by atoms with Crippen molar-refractivity contribution in [3.8, 4) is 0 Å². The van der Waals surface area contributed by atoms with Gasteiger partial charge in [-0.25, -0.2) is 0 Å². The smallest absolute Gasteiger partial charge is 0.307 e. The number of aliphatic hydroxyl groups is 1. The van der Waals surface area contributed by atoms with Crippen molar-refractivity contribution in [3.05, 3.63) is 0 Å². The van der Waals surface area contributed by atoms with Crippen LogP contribution in [0.25, 0.3) is 0 Å². The zero-order chi connectivity index (χ0) is 14.3. The maximum absolute atomic E-state index is 12.2. The van der Waals surface area contributed by atoms with Crippen molar-refractivity contribution >= 4 is 11.9 Å². The number of carboxylic acids is 1. The van der Waals surface area contributed by atoms with E-state index in [1.165, 1.54) is 0 Å². The lowest BCUT2D eigenvalue weighted by Gasteiger charge is -2.36. The normalized spacial score (nSPS) is 31.5. The fourth-order valence-electron chi connectivity index (χ4n) is 3.01. The van der Waals surface area contributed by atoms with Crippen LogP contribution in [0, 0.1) is 17.3 Å².